The molecule has 0 spiro atoms. The van der Waals surface area contributed by atoms with Gasteiger partial charge in [-0.05, 0) is 68.5 Å². The summed E-state index contributed by atoms with van der Waals surface area (Å²) < 4.78 is 5.64. The number of nitrogens with one attached hydrogen (secondary N) is 1. The molecule has 2 aromatic heterocycles. The molecule has 4 heterocycles. The summed E-state index contributed by atoms with van der Waals surface area (Å²) >= 11 is 0. The van der Waals surface area contributed by atoms with Crippen LogP contribution in [-0.4, -0.2) is 47.1 Å². The number of likely N-dealkylation sites (tertiary alicyclic amines) is 1. The number of hydrogen-bond donors (Lipinski definition) is 1. The molecule has 6 heteroatoms. The van der Waals surface area contributed by atoms with Crippen molar-refractivity contribution in [3.63, 3.8) is 0 Å². The number of amides is 1. The Kier molecular flexibility index (Phi) is 4.65. The molecule has 2 saturated heterocycles. The van der Waals surface area contributed by atoms with Gasteiger partial charge in [0.15, 0.2) is 0 Å². The Hall–Kier alpha value is -1.95. The minimum atomic E-state index is 0.0618. The van der Waals surface area contributed by atoms with Gasteiger partial charge in [-0.3, -0.25) is 4.79 Å². The fourth-order valence-corrected chi connectivity index (χ4v) is 5.00. The zero-order chi connectivity index (χ0) is 20.2. The highest BCUT2D eigenvalue weighted by molar-refractivity contribution is 6.06. The van der Waals surface area contributed by atoms with Crippen LogP contribution in [0.3, 0.4) is 0 Å². The number of carbonyl (C=O) groups is 1. The highest BCUT2D eigenvalue weighted by Gasteiger charge is 2.34. The Morgan fingerprint density at radius 2 is 1.86 bits per heavy atom. The number of aromatic nitrogens is 2. The van der Waals surface area contributed by atoms with Gasteiger partial charge in [0.2, 0.25) is 0 Å². The summed E-state index contributed by atoms with van der Waals surface area (Å²) in [5.74, 6) is 2.01. The fourth-order valence-electron chi connectivity index (χ4n) is 5.00. The van der Waals surface area contributed by atoms with Crippen molar-refractivity contribution in [3.05, 3.63) is 23.0 Å². The van der Waals surface area contributed by atoms with E-state index < -0.39 is 0 Å². The van der Waals surface area contributed by atoms with Gasteiger partial charge in [0, 0.05) is 24.7 Å². The number of nitrogens with zero attached hydrogens (tertiary/aromatic N) is 3. The van der Waals surface area contributed by atoms with Crippen LogP contribution in [0, 0.1) is 17.3 Å². The summed E-state index contributed by atoms with van der Waals surface area (Å²) in [6, 6.07) is 2.04. The van der Waals surface area contributed by atoms with E-state index in [1.54, 1.807) is 0 Å². The number of pyridine rings is 1. The van der Waals surface area contributed by atoms with Crippen molar-refractivity contribution >= 4 is 17.0 Å². The van der Waals surface area contributed by atoms with E-state index in [1.165, 1.54) is 0 Å². The van der Waals surface area contributed by atoms with E-state index in [0.29, 0.717) is 23.5 Å². The summed E-state index contributed by atoms with van der Waals surface area (Å²) in [6.07, 6.45) is 5.24. The molecule has 1 N–H and O–H groups in total. The highest BCUT2D eigenvalue weighted by atomic mass is 16.5. The summed E-state index contributed by atoms with van der Waals surface area (Å²) in [5.41, 5.74) is 3.21. The first kappa shape index (κ1) is 19.0. The molecule has 2 aromatic rings. The summed E-state index contributed by atoms with van der Waals surface area (Å²) in [6.45, 7) is 10.4. The van der Waals surface area contributed by atoms with Crippen LogP contribution in [0.1, 0.15) is 74.1 Å². The Morgan fingerprint density at radius 1 is 1.17 bits per heavy atom. The molecular weight excluding hydrogens is 364 g/mol. The largest absolute Gasteiger partial charge is 0.339 e. The maximum atomic E-state index is 13.7. The predicted molar refractivity (Wildman–Crippen MR) is 112 cm³/mol. The number of rotatable bonds is 3. The summed E-state index contributed by atoms with van der Waals surface area (Å²) in [7, 11) is 0. The third-order valence-electron chi connectivity index (χ3n) is 6.77. The maximum absolute atomic E-state index is 13.7. The molecule has 1 aliphatic carbocycles. The third-order valence-corrected chi connectivity index (χ3v) is 6.77. The lowest BCUT2D eigenvalue weighted by Gasteiger charge is -2.22. The zero-order valence-electron chi connectivity index (χ0n) is 17.8. The molecule has 5 rings (SSSR count). The van der Waals surface area contributed by atoms with Gasteiger partial charge in [0.1, 0.15) is 0 Å². The molecule has 3 aliphatic rings. The van der Waals surface area contributed by atoms with Gasteiger partial charge in [-0.25, -0.2) is 4.98 Å². The second-order valence-corrected chi connectivity index (χ2v) is 10.5. The van der Waals surface area contributed by atoms with E-state index in [2.05, 4.69) is 36.1 Å². The van der Waals surface area contributed by atoms with Gasteiger partial charge in [0.05, 0.1) is 16.6 Å². The molecule has 0 unspecified atom stereocenters. The quantitative estimate of drug-likeness (QED) is 0.855. The molecule has 2 atom stereocenters. The van der Waals surface area contributed by atoms with Crippen molar-refractivity contribution in [2.24, 2.45) is 17.3 Å². The minimum absolute atomic E-state index is 0.0618. The molecule has 6 nitrogen and oxygen atoms in total. The lowest BCUT2D eigenvalue weighted by Crippen LogP contribution is -2.33. The van der Waals surface area contributed by atoms with Crippen LogP contribution in [0.25, 0.3) is 11.1 Å². The summed E-state index contributed by atoms with van der Waals surface area (Å²) in [5, 5.41) is 8.68. The number of carbonyl (C=O) groups excluding carboxylic acids is 1. The minimum Gasteiger partial charge on any atom is -0.339 e. The average molecular weight is 397 g/mol. The van der Waals surface area contributed by atoms with Crippen molar-refractivity contribution in [2.75, 3.05) is 26.2 Å². The smallest absolute Gasteiger partial charge is 0.259 e. The van der Waals surface area contributed by atoms with Crippen LogP contribution in [0.15, 0.2) is 10.6 Å². The van der Waals surface area contributed by atoms with Gasteiger partial charge in [0.25, 0.3) is 11.6 Å². The van der Waals surface area contributed by atoms with Gasteiger partial charge < -0.3 is 14.7 Å². The van der Waals surface area contributed by atoms with Crippen molar-refractivity contribution in [1.82, 2.24) is 20.4 Å². The van der Waals surface area contributed by atoms with Crippen molar-refractivity contribution in [1.29, 1.82) is 0 Å². The molecule has 3 fully saturated rings. The van der Waals surface area contributed by atoms with Gasteiger partial charge in [-0.1, -0.05) is 25.9 Å². The lowest BCUT2D eigenvalue weighted by molar-refractivity contribution is 0.0760. The van der Waals surface area contributed by atoms with E-state index >= 15 is 0 Å². The third kappa shape index (κ3) is 3.79. The van der Waals surface area contributed by atoms with Crippen LogP contribution >= 0.6 is 0 Å². The SMILES string of the molecule is CC(C)(C)Cc1noc2nc(C3CC3)cc(C(=O)N3CC[C@@H]4CNC[C@@H]4CC3)c12. The van der Waals surface area contributed by atoms with E-state index in [0.717, 1.165) is 80.6 Å². The van der Waals surface area contributed by atoms with Gasteiger partial charge in [-0.15, -0.1) is 0 Å². The molecule has 0 aromatic carbocycles. The van der Waals surface area contributed by atoms with E-state index in [9.17, 15) is 4.79 Å². The molecule has 29 heavy (non-hydrogen) atoms. The van der Waals surface area contributed by atoms with E-state index in [4.69, 9.17) is 9.51 Å². The standard InChI is InChI=1S/C23H32N4O2/c1-23(2,3)11-19-20-17(10-18(14-4-5-14)25-21(20)29-26-19)22(28)27-8-6-15-12-24-13-16(15)7-9-27/h10,14-16,24H,4-9,11-13H2,1-3H3/t15-,16+. The maximum Gasteiger partial charge on any atom is 0.259 e. The molecule has 0 radical (unpaired) electrons. The van der Waals surface area contributed by atoms with Crippen molar-refractivity contribution in [2.45, 2.75) is 58.8 Å². The van der Waals surface area contributed by atoms with Crippen molar-refractivity contribution in [3.8, 4) is 0 Å². The lowest BCUT2D eigenvalue weighted by atomic mass is 9.89. The van der Waals surface area contributed by atoms with Crippen LogP contribution in [0.2, 0.25) is 0 Å². The first-order valence-corrected chi connectivity index (χ1v) is 11.2. The zero-order valence-corrected chi connectivity index (χ0v) is 17.8. The van der Waals surface area contributed by atoms with E-state index in [-0.39, 0.29) is 11.3 Å². The Bertz CT molecular complexity index is 911. The molecule has 0 bridgehead atoms. The molecule has 156 valence electrons. The highest BCUT2D eigenvalue weighted by Crippen LogP contribution is 2.41. The second-order valence-electron chi connectivity index (χ2n) is 10.5. The first-order chi connectivity index (χ1) is 13.9. The van der Waals surface area contributed by atoms with Crippen LogP contribution in [-0.2, 0) is 6.42 Å². The van der Waals surface area contributed by atoms with Gasteiger partial charge >= 0.3 is 0 Å². The fraction of sp³-hybridized carbons (Fsp3) is 0.696. The molecule has 1 amide bonds. The van der Waals surface area contributed by atoms with E-state index in [1.807, 2.05) is 6.07 Å². The number of fused-ring (bicyclic) bond motifs is 2. The normalized spacial score (nSPS) is 25.3. The average Bonchev–Trinajstić information content (AvgIpc) is 3.37. The molecular formula is C23H32N4O2. The predicted octanol–water partition coefficient (Wildman–Crippen LogP) is 3.76. The van der Waals surface area contributed by atoms with Crippen LogP contribution in [0.4, 0.5) is 0 Å². The second kappa shape index (κ2) is 7.08. The van der Waals surface area contributed by atoms with Crippen molar-refractivity contribution < 1.29 is 9.32 Å². The van der Waals surface area contributed by atoms with Gasteiger partial charge in [-0.2, -0.15) is 0 Å². The summed E-state index contributed by atoms with van der Waals surface area (Å²) in [4.78, 5) is 20.5. The Balaban J connectivity index is 1.51. The molecule has 2 aliphatic heterocycles. The van der Waals surface area contributed by atoms with Crippen LogP contribution in [0.5, 0.6) is 0 Å². The molecule has 1 saturated carbocycles. The van der Waals surface area contributed by atoms with Crippen LogP contribution < -0.4 is 5.32 Å². The monoisotopic (exact) mass is 396 g/mol. The Morgan fingerprint density at radius 3 is 2.48 bits per heavy atom. The topological polar surface area (TPSA) is 71.3 Å². The number of hydrogen-bond acceptors (Lipinski definition) is 5. The Labute approximate surface area is 172 Å². The first-order valence-electron chi connectivity index (χ1n) is 11.2.